The van der Waals surface area contributed by atoms with E-state index in [0.29, 0.717) is 6.61 Å². The van der Waals surface area contributed by atoms with Gasteiger partial charge in [-0.3, -0.25) is 0 Å². The van der Waals surface area contributed by atoms with E-state index in [1.807, 2.05) is 37.3 Å². The van der Waals surface area contributed by atoms with E-state index in [4.69, 9.17) is 27.9 Å². The number of allylic oxidation sites excluding steroid dienone is 1. The number of hydrogen-bond acceptors (Lipinski definition) is 1. The molecule has 0 spiro atoms. The molecule has 1 nitrogen and oxygen atoms in total. The molecule has 0 aliphatic rings. The molecule has 0 bridgehead atoms. The highest BCUT2D eigenvalue weighted by molar-refractivity contribution is 6.55. The van der Waals surface area contributed by atoms with E-state index in [1.54, 1.807) is 0 Å². The van der Waals surface area contributed by atoms with Crippen molar-refractivity contribution in [3.05, 3.63) is 40.4 Å². The Morgan fingerprint density at radius 1 is 1.31 bits per heavy atom. The minimum Gasteiger partial charge on any atom is -0.494 e. The largest absolute Gasteiger partial charge is 0.494 e. The molecule has 3 heteroatoms. The first-order valence-corrected chi connectivity index (χ1v) is 5.99. The highest BCUT2D eigenvalue weighted by Gasteiger charge is 2.22. The minimum atomic E-state index is -0.245. The zero-order chi connectivity index (χ0) is 12.2. The van der Waals surface area contributed by atoms with Gasteiger partial charge in [0.05, 0.1) is 6.61 Å². The van der Waals surface area contributed by atoms with Crippen LogP contribution in [-0.4, -0.2) is 6.61 Å². The van der Waals surface area contributed by atoms with E-state index in [1.165, 1.54) is 0 Å². The molecule has 0 aromatic heterocycles. The fourth-order valence-corrected chi connectivity index (χ4v) is 2.18. The zero-order valence-electron chi connectivity index (χ0n) is 9.76. The molecule has 0 heterocycles. The summed E-state index contributed by atoms with van der Waals surface area (Å²) >= 11 is 11.5. The predicted octanol–water partition coefficient (Wildman–Crippen LogP) is 4.68. The van der Waals surface area contributed by atoms with Crippen LogP contribution in [0.25, 0.3) is 0 Å². The molecule has 1 aromatic carbocycles. The number of para-hydroxylation sites is 1. The third-order valence-corrected chi connectivity index (χ3v) is 2.57. The summed E-state index contributed by atoms with van der Waals surface area (Å²) in [6, 6.07) is 7.92. The van der Waals surface area contributed by atoms with Gasteiger partial charge in [0.15, 0.2) is 0 Å². The third kappa shape index (κ3) is 3.43. The van der Waals surface area contributed by atoms with Gasteiger partial charge in [0.1, 0.15) is 10.2 Å². The van der Waals surface area contributed by atoms with Crippen molar-refractivity contribution in [2.75, 3.05) is 6.61 Å². The number of halogens is 2. The highest BCUT2D eigenvalue weighted by atomic mass is 35.5. The van der Waals surface area contributed by atoms with Crippen LogP contribution in [-0.2, 0) is 5.41 Å². The Morgan fingerprint density at radius 3 is 2.50 bits per heavy atom. The number of benzene rings is 1. The maximum absolute atomic E-state index is 5.73. The molecule has 0 N–H and O–H groups in total. The molecular weight excluding hydrogens is 243 g/mol. The second-order valence-electron chi connectivity index (χ2n) is 4.08. The van der Waals surface area contributed by atoms with Gasteiger partial charge in [-0.1, -0.05) is 55.2 Å². The van der Waals surface area contributed by atoms with Crippen LogP contribution in [0.4, 0.5) is 0 Å². The summed E-state index contributed by atoms with van der Waals surface area (Å²) in [7, 11) is 0. The van der Waals surface area contributed by atoms with Crippen molar-refractivity contribution in [1.29, 1.82) is 0 Å². The van der Waals surface area contributed by atoms with E-state index >= 15 is 0 Å². The lowest BCUT2D eigenvalue weighted by Crippen LogP contribution is -2.15. The van der Waals surface area contributed by atoms with E-state index in [9.17, 15) is 0 Å². The molecule has 88 valence electrons. The summed E-state index contributed by atoms with van der Waals surface area (Å²) in [5, 5.41) is 0. The van der Waals surface area contributed by atoms with Gasteiger partial charge in [-0.25, -0.2) is 0 Å². The van der Waals surface area contributed by atoms with E-state index in [-0.39, 0.29) is 9.91 Å². The minimum absolute atomic E-state index is 0.245. The quantitative estimate of drug-likeness (QED) is 0.762. The van der Waals surface area contributed by atoms with Crippen molar-refractivity contribution in [1.82, 2.24) is 0 Å². The van der Waals surface area contributed by atoms with Crippen molar-refractivity contribution >= 4 is 23.2 Å². The maximum Gasteiger partial charge on any atom is 0.123 e. The monoisotopic (exact) mass is 258 g/mol. The normalized spacial score (nSPS) is 11.1. The topological polar surface area (TPSA) is 9.23 Å². The molecule has 0 radical (unpaired) electrons. The van der Waals surface area contributed by atoms with Crippen LogP contribution in [0.2, 0.25) is 0 Å². The van der Waals surface area contributed by atoms with Crippen LogP contribution in [0.3, 0.4) is 0 Å². The number of ether oxygens (including phenoxy) is 1. The van der Waals surface area contributed by atoms with Gasteiger partial charge >= 0.3 is 0 Å². The van der Waals surface area contributed by atoms with Gasteiger partial charge in [-0.2, -0.15) is 0 Å². The van der Waals surface area contributed by atoms with Gasteiger partial charge in [-0.05, 0) is 19.1 Å². The van der Waals surface area contributed by atoms with Crippen LogP contribution in [0.1, 0.15) is 26.3 Å². The molecule has 0 saturated carbocycles. The summed E-state index contributed by atoms with van der Waals surface area (Å²) in [4.78, 5) is 0. The zero-order valence-corrected chi connectivity index (χ0v) is 11.3. The van der Waals surface area contributed by atoms with Crippen LogP contribution >= 0.6 is 23.2 Å². The van der Waals surface area contributed by atoms with Crippen LogP contribution in [0, 0.1) is 0 Å². The molecule has 0 saturated heterocycles. The Kier molecular flexibility index (Phi) is 4.69. The van der Waals surface area contributed by atoms with Gasteiger partial charge in [-0.15, -0.1) is 0 Å². The molecule has 16 heavy (non-hydrogen) atoms. The van der Waals surface area contributed by atoms with Gasteiger partial charge in [0.25, 0.3) is 0 Å². The first-order valence-electron chi connectivity index (χ1n) is 5.23. The molecule has 0 aliphatic heterocycles. The van der Waals surface area contributed by atoms with Crippen molar-refractivity contribution in [2.24, 2.45) is 0 Å². The lowest BCUT2D eigenvalue weighted by atomic mass is 9.84. The van der Waals surface area contributed by atoms with Gasteiger partial charge in [0, 0.05) is 11.0 Å². The number of hydrogen-bond donors (Lipinski definition) is 0. The lowest BCUT2D eigenvalue weighted by Gasteiger charge is -2.23. The van der Waals surface area contributed by atoms with Crippen LogP contribution in [0.5, 0.6) is 5.75 Å². The summed E-state index contributed by atoms with van der Waals surface area (Å²) in [5.74, 6) is 0.876. The second kappa shape index (κ2) is 5.60. The summed E-state index contributed by atoms with van der Waals surface area (Å²) in [5.41, 5.74) is 0.834. The summed E-state index contributed by atoms with van der Waals surface area (Å²) < 4.78 is 5.86. The van der Waals surface area contributed by atoms with Crippen molar-refractivity contribution in [3.8, 4) is 5.75 Å². The molecule has 0 unspecified atom stereocenters. The fraction of sp³-hybridized carbons (Fsp3) is 0.385. The predicted molar refractivity (Wildman–Crippen MR) is 70.4 cm³/mol. The van der Waals surface area contributed by atoms with Crippen molar-refractivity contribution in [2.45, 2.75) is 26.2 Å². The summed E-state index contributed by atoms with van der Waals surface area (Å²) in [6.45, 7) is 6.71. The standard InChI is InChI=1S/C13H16Cl2O/c1-4-16-11-8-6-5-7-10(11)13(2,3)9-12(14)15/h5-9H,4H2,1-3H3. The van der Waals surface area contributed by atoms with E-state index in [2.05, 4.69) is 13.8 Å². The van der Waals surface area contributed by atoms with Crippen molar-refractivity contribution < 1.29 is 4.74 Å². The molecule has 1 rings (SSSR count). The first kappa shape index (κ1) is 13.4. The van der Waals surface area contributed by atoms with Gasteiger partial charge in [0.2, 0.25) is 0 Å². The highest BCUT2D eigenvalue weighted by Crippen LogP contribution is 2.34. The summed E-state index contributed by atoms with van der Waals surface area (Å²) in [6.07, 6.45) is 1.81. The number of rotatable bonds is 4. The van der Waals surface area contributed by atoms with Crippen molar-refractivity contribution in [3.63, 3.8) is 0 Å². The Bertz CT molecular complexity index is 379. The lowest BCUT2D eigenvalue weighted by molar-refractivity contribution is 0.332. The Labute approximate surface area is 107 Å². The average molecular weight is 259 g/mol. The molecule has 1 aromatic rings. The van der Waals surface area contributed by atoms with E-state index < -0.39 is 0 Å². The fourth-order valence-electron chi connectivity index (χ4n) is 1.63. The second-order valence-corrected chi connectivity index (χ2v) is 5.09. The molecule has 0 fully saturated rings. The molecule has 0 amide bonds. The molecule has 0 atom stereocenters. The Hall–Kier alpha value is -0.660. The Morgan fingerprint density at radius 2 is 1.94 bits per heavy atom. The van der Waals surface area contributed by atoms with Gasteiger partial charge < -0.3 is 4.74 Å². The Balaban J connectivity index is 3.16. The van der Waals surface area contributed by atoms with E-state index in [0.717, 1.165) is 11.3 Å². The van der Waals surface area contributed by atoms with Crippen LogP contribution < -0.4 is 4.74 Å². The molecule has 0 aliphatic carbocycles. The smallest absolute Gasteiger partial charge is 0.123 e. The van der Waals surface area contributed by atoms with Crippen LogP contribution in [0.15, 0.2) is 34.8 Å². The third-order valence-electron chi connectivity index (χ3n) is 2.35. The SMILES string of the molecule is CCOc1ccccc1C(C)(C)C=C(Cl)Cl. The average Bonchev–Trinajstić information content (AvgIpc) is 2.17. The molecular formula is C13H16Cl2O. The first-order chi connectivity index (χ1) is 7.47. The maximum atomic E-state index is 5.73.